The number of fused-ring (bicyclic) bond motifs is 1. The van der Waals surface area contributed by atoms with E-state index in [0.29, 0.717) is 6.07 Å². The van der Waals surface area contributed by atoms with E-state index in [2.05, 4.69) is 22.5 Å². The van der Waals surface area contributed by atoms with E-state index in [-0.39, 0.29) is 16.5 Å². The number of alkyl halides is 4. The van der Waals surface area contributed by atoms with Crippen molar-refractivity contribution in [3.05, 3.63) is 46.2 Å². The molecule has 1 aliphatic rings. The van der Waals surface area contributed by atoms with Gasteiger partial charge in [0.25, 0.3) is 0 Å². The van der Waals surface area contributed by atoms with Gasteiger partial charge in [-0.15, -0.1) is 6.58 Å². The van der Waals surface area contributed by atoms with Gasteiger partial charge in [-0.25, -0.2) is 4.39 Å². The van der Waals surface area contributed by atoms with Crippen LogP contribution in [0.15, 0.2) is 29.3 Å². The number of allylic oxidation sites excluding steroid dienone is 1. The highest BCUT2D eigenvalue weighted by atomic mass is 79.9. The third-order valence-corrected chi connectivity index (χ3v) is 3.88. The van der Waals surface area contributed by atoms with Crippen molar-refractivity contribution in [1.82, 2.24) is 0 Å². The average Bonchev–Trinajstić information content (AvgIpc) is 2.43. The standard InChI is InChI=1S/C12H8BrF5/c1-2-3-6-9-7(4-5-8(14)10(9)13)12(17,18)11(6,15)16/h2,4-6H,1,3H2. The quantitative estimate of drug-likeness (QED) is 0.530. The van der Waals surface area contributed by atoms with Crippen molar-refractivity contribution in [1.29, 1.82) is 0 Å². The summed E-state index contributed by atoms with van der Waals surface area (Å²) >= 11 is 2.77. The van der Waals surface area contributed by atoms with Crippen molar-refractivity contribution in [3.63, 3.8) is 0 Å². The molecule has 1 atom stereocenters. The Morgan fingerprint density at radius 2 is 1.89 bits per heavy atom. The second-order valence-electron chi connectivity index (χ2n) is 4.10. The highest BCUT2D eigenvalue weighted by molar-refractivity contribution is 9.10. The summed E-state index contributed by atoms with van der Waals surface area (Å²) in [6.07, 6.45) is 0.777. The molecule has 0 N–H and O–H groups in total. The molecular weight excluding hydrogens is 319 g/mol. The van der Waals surface area contributed by atoms with Gasteiger partial charge in [-0.1, -0.05) is 6.08 Å². The molecule has 1 aromatic carbocycles. The zero-order valence-corrected chi connectivity index (χ0v) is 10.6. The lowest BCUT2D eigenvalue weighted by Crippen LogP contribution is -2.36. The predicted molar refractivity (Wildman–Crippen MR) is 60.5 cm³/mol. The van der Waals surface area contributed by atoms with Crippen molar-refractivity contribution in [2.24, 2.45) is 0 Å². The number of benzene rings is 1. The third kappa shape index (κ3) is 1.54. The summed E-state index contributed by atoms with van der Waals surface area (Å²) in [5.41, 5.74) is -1.20. The van der Waals surface area contributed by atoms with Crippen LogP contribution in [0.5, 0.6) is 0 Å². The first-order valence-electron chi connectivity index (χ1n) is 5.10. The second-order valence-corrected chi connectivity index (χ2v) is 4.89. The Kier molecular flexibility index (Phi) is 3.04. The molecule has 0 aliphatic heterocycles. The number of rotatable bonds is 2. The number of hydrogen-bond donors (Lipinski definition) is 0. The molecule has 18 heavy (non-hydrogen) atoms. The highest BCUT2D eigenvalue weighted by Crippen LogP contribution is 2.61. The fourth-order valence-electron chi connectivity index (χ4n) is 2.19. The Labute approximate surface area is 109 Å². The Balaban J connectivity index is 2.74. The molecule has 0 nitrogen and oxygen atoms in total. The Bertz CT molecular complexity index is 509. The van der Waals surface area contributed by atoms with E-state index in [1.807, 2.05) is 0 Å². The first-order chi connectivity index (χ1) is 8.25. The van der Waals surface area contributed by atoms with Crippen molar-refractivity contribution in [3.8, 4) is 0 Å². The van der Waals surface area contributed by atoms with Gasteiger partial charge in [0.15, 0.2) is 0 Å². The smallest absolute Gasteiger partial charge is 0.206 e. The summed E-state index contributed by atoms with van der Waals surface area (Å²) in [5.74, 6) is -11.2. The highest BCUT2D eigenvalue weighted by Gasteiger charge is 2.68. The van der Waals surface area contributed by atoms with Crippen LogP contribution in [0.1, 0.15) is 23.5 Å². The van der Waals surface area contributed by atoms with Crippen molar-refractivity contribution in [2.75, 3.05) is 0 Å². The lowest BCUT2D eigenvalue weighted by atomic mass is 9.95. The third-order valence-electron chi connectivity index (χ3n) is 3.08. The van der Waals surface area contributed by atoms with Gasteiger partial charge in [0.05, 0.1) is 10.4 Å². The van der Waals surface area contributed by atoms with Crippen LogP contribution in [0.25, 0.3) is 0 Å². The van der Waals surface area contributed by atoms with Gasteiger partial charge in [-0.2, -0.15) is 17.6 Å². The molecule has 0 saturated heterocycles. The molecule has 6 heteroatoms. The largest absolute Gasteiger partial charge is 0.336 e. The Morgan fingerprint density at radius 1 is 1.28 bits per heavy atom. The molecule has 0 fully saturated rings. The van der Waals surface area contributed by atoms with E-state index in [1.165, 1.54) is 0 Å². The maximum absolute atomic E-state index is 13.7. The molecule has 0 saturated carbocycles. The van der Waals surface area contributed by atoms with Gasteiger partial charge in [-0.05, 0) is 40.0 Å². The van der Waals surface area contributed by atoms with Crippen molar-refractivity contribution < 1.29 is 22.0 Å². The monoisotopic (exact) mass is 326 g/mol. The maximum atomic E-state index is 13.7. The Hall–Kier alpha value is -0.910. The van der Waals surface area contributed by atoms with Crippen LogP contribution in [0.3, 0.4) is 0 Å². The number of halogens is 6. The van der Waals surface area contributed by atoms with Gasteiger partial charge >= 0.3 is 11.8 Å². The zero-order valence-electron chi connectivity index (χ0n) is 8.99. The van der Waals surface area contributed by atoms with Crippen LogP contribution in [0.2, 0.25) is 0 Å². The first-order valence-corrected chi connectivity index (χ1v) is 5.89. The van der Waals surface area contributed by atoms with E-state index in [1.54, 1.807) is 0 Å². The Morgan fingerprint density at radius 3 is 2.44 bits per heavy atom. The summed E-state index contributed by atoms with van der Waals surface area (Å²) < 4.78 is 67.8. The van der Waals surface area contributed by atoms with Gasteiger partial charge in [-0.3, -0.25) is 0 Å². The maximum Gasteiger partial charge on any atom is 0.336 e. The summed E-state index contributed by atoms with van der Waals surface area (Å²) in [4.78, 5) is 0. The van der Waals surface area contributed by atoms with Crippen molar-refractivity contribution >= 4 is 15.9 Å². The van der Waals surface area contributed by atoms with Crippen molar-refractivity contribution in [2.45, 2.75) is 24.2 Å². The molecule has 0 amide bonds. The molecule has 98 valence electrons. The SMILES string of the molecule is C=CCC1c2c(ccc(F)c2Br)C(F)(F)C1(F)F. The topological polar surface area (TPSA) is 0 Å². The molecule has 0 spiro atoms. The molecule has 0 aromatic heterocycles. The van der Waals surface area contributed by atoms with E-state index < -0.39 is 29.1 Å². The lowest BCUT2D eigenvalue weighted by Gasteiger charge is -2.23. The van der Waals surface area contributed by atoms with E-state index in [0.717, 1.165) is 12.1 Å². The summed E-state index contributed by atoms with van der Waals surface area (Å²) in [6.45, 7) is 3.28. The summed E-state index contributed by atoms with van der Waals surface area (Å²) in [6, 6.07) is 1.47. The summed E-state index contributed by atoms with van der Waals surface area (Å²) in [7, 11) is 0. The molecule has 0 heterocycles. The first kappa shape index (κ1) is 13.5. The minimum atomic E-state index is -4.30. The van der Waals surface area contributed by atoms with E-state index in [4.69, 9.17) is 0 Å². The lowest BCUT2D eigenvalue weighted by molar-refractivity contribution is -0.214. The zero-order chi connectivity index (χ0) is 13.7. The van der Waals surface area contributed by atoms with Gasteiger partial charge in [0.1, 0.15) is 5.82 Å². The fraction of sp³-hybridized carbons (Fsp3) is 0.333. The molecule has 2 rings (SSSR count). The number of hydrogen-bond acceptors (Lipinski definition) is 0. The molecule has 1 aromatic rings. The van der Waals surface area contributed by atoms with Crippen LogP contribution in [0.4, 0.5) is 22.0 Å². The minimum absolute atomic E-state index is 0.330. The van der Waals surface area contributed by atoms with Crippen LogP contribution in [0, 0.1) is 5.82 Å². The van der Waals surface area contributed by atoms with Gasteiger partial charge in [0.2, 0.25) is 0 Å². The van der Waals surface area contributed by atoms with Crippen LogP contribution >= 0.6 is 15.9 Å². The van der Waals surface area contributed by atoms with Crippen LogP contribution < -0.4 is 0 Å². The van der Waals surface area contributed by atoms with Gasteiger partial charge in [0, 0.05) is 5.56 Å². The second kappa shape index (κ2) is 4.05. The predicted octanol–water partition coefficient (Wildman–Crippen LogP) is 4.99. The van der Waals surface area contributed by atoms with E-state index in [9.17, 15) is 22.0 Å². The summed E-state index contributed by atoms with van der Waals surface area (Å²) in [5, 5.41) is 0. The molecule has 0 bridgehead atoms. The fourth-order valence-corrected chi connectivity index (χ4v) is 2.82. The van der Waals surface area contributed by atoms with Crippen LogP contribution in [-0.4, -0.2) is 5.92 Å². The normalized spacial score (nSPS) is 23.8. The molecule has 1 aliphatic carbocycles. The minimum Gasteiger partial charge on any atom is -0.206 e. The molecule has 0 radical (unpaired) electrons. The van der Waals surface area contributed by atoms with Gasteiger partial charge < -0.3 is 0 Å². The average molecular weight is 327 g/mol. The van der Waals surface area contributed by atoms with E-state index >= 15 is 0 Å². The van der Waals surface area contributed by atoms with Crippen LogP contribution in [-0.2, 0) is 5.92 Å². The molecule has 1 unspecified atom stereocenters. The molecular formula is C12H8BrF5.